The molecule has 0 aromatic heterocycles. The number of aliphatic hydroxyl groups is 1. The van der Waals surface area contributed by atoms with E-state index in [0.29, 0.717) is 12.8 Å². The molecule has 0 heterocycles. The van der Waals surface area contributed by atoms with Gasteiger partial charge in [-0.15, -0.1) is 0 Å². The summed E-state index contributed by atoms with van der Waals surface area (Å²) in [4.78, 5) is 13.2. The highest BCUT2D eigenvalue weighted by Gasteiger charge is 2.33. The van der Waals surface area contributed by atoms with Crippen LogP contribution in [0.1, 0.15) is 26.2 Å². The highest BCUT2D eigenvalue weighted by molar-refractivity contribution is 5.75. The first-order valence-corrected chi connectivity index (χ1v) is 5.00. The van der Waals surface area contributed by atoms with E-state index in [-0.39, 0.29) is 12.5 Å². The van der Waals surface area contributed by atoms with Crippen LogP contribution in [0.15, 0.2) is 0 Å². The molecule has 1 amide bonds. The van der Waals surface area contributed by atoms with Gasteiger partial charge in [0.15, 0.2) is 0 Å². The van der Waals surface area contributed by atoms with Crippen molar-refractivity contribution in [1.82, 2.24) is 4.90 Å². The highest BCUT2D eigenvalue weighted by atomic mass is 16.3. The van der Waals surface area contributed by atoms with Crippen molar-refractivity contribution in [1.29, 1.82) is 0 Å². The van der Waals surface area contributed by atoms with Crippen molar-refractivity contribution in [3.05, 3.63) is 0 Å². The number of amides is 1. The van der Waals surface area contributed by atoms with Crippen molar-refractivity contribution in [2.75, 3.05) is 20.2 Å². The van der Waals surface area contributed by atoms with Gasteiger partial charge < -0.3 is 10.0 Å². The molecule has 13 heavy (non-hydrogen) atoms. The maximum atomic E-state index is 11.4. The lowest BCUT2D eigenvalue weighted by atomic mass is 10.2. The Morgan fingerprint density at radius 2 is 2.23 bits per heavy atom. The summed E-state index contributed by atoms with van der Waals surface area (Å²) >= 11 is 0. The normalized spacial score (nSPS) is 25.8. The number of carbonyl (C=O) groups excluding carboxylic acids is 1. The largest absolute Gasteiger partial charge is 0.396 e. The van der Waals surface area contributed by atoms with Crippen LogP contribution in [-0.4, -0.2) is 36.1 Å². The summed E-state index contributed by atoms with van der Waals surface area (Å²) in [5, 5.41) is 8.56. The van der Waals surface area contributed by atoms with Crippen molar-refractivity contribution in [2.45, 2.75) is 26.2 Å². The highest BCUT2D eigenvalue weighted by Crippen LogP contribution is 2.37. The number of hydrogen-bond acceptors (Lipinski definition) is 2. The molecular formula is C10H19NO2. The van der Waals surface area contributed by atoms with E-state index in [0.717, 1.165) is 18.4 Å². The molecule has 0 aromatic carbocycles. The average molecular weight is 185 g/mol. The molecule has 0 aliphatic heterocycles. The summed E-state index contributed by atoms with van der Waals surface area (Å²) in [6.45, 7) is 3.22. The molecule has 1 fully saturated rings. The fourth-order valence-electron chi connectivity index (χ4n) is 1.53. The Labute approximate surface area is 79.7 Å². The van der Waals surface area contributed by atoms with Crippen LogP contribution in [0.2, 0.25) is 0 Å². The summed E-state index contributed by atoms with van der Waals surface area (Å²) in [5.41, 5.74) is 0. The minimum absolute atomic E-state index is 0.111. The second kappa shape index (κ2) is 4.61. The lowest BCUT2D eigenvalue weighted by molar-refractivity contribution is -0.130. The van der Waals surface area contributed by atoms with E-state index in [1.807, 2.05) is 7.05 Å². The van der Waals surface area contributed by atoms with Crippen LogP contribution in [0, 0.1) is 11.8 Å². The zero-order chi connectivity index (χ0) is 9.84. The van der Waals surface area contributed by atoms with Crippen molar-refractivity contribution >= 4 is 5.91 Å². The molecule has 1 saturated carbocycles. The zero-order valence-electron chi connectivity index (χ0n) is 8.49. The summed E-state index contributed by atoms with van der Waals surface area (Å²) in [6, 6.07) is 0. The van der Waals surface area contributed by atoms with Crippen LogP contribution in [0.3, 0.4) is 0 Å². The number of hydrogen-bond donors (Lipinski definition) is 1. The number of carbonyl (C=O) groups is 1. The molecule has 0 radical (unpaired) electrons. The average Bonchev–Trinajstić information content (AvgIpc) is 2.77. The minimum atomic E-state index is 0.111. The molecule has 1 N–H and O–H groups in total. The van der Waals surface area contributed by atoms with Gasteiger partial charge in [0.05, 0.1) is 0 Å². The lowest BCUT2D eigenvalue weighted by Gasteiger charge is -2.16. The Morgan fingerprint density at radius 3 is 2.69 bits per heavy atom. The molecule has 2 unspecified atom stereocenters. The first kappa shape index (κ1) is 10.5. The van der Waals surface area contributed by atoms with E-state index < -0.39 is 0 Å². The van der Waals surface area contributed by atoms with E-state index in [2.05, 4.69) is 6.92 Å². The predicted molar refractivity (Wildman–Crippen MR) is 51.2 cm³/mol. The van der Waals surface area contributed by atoms with Gasteiger partial charge >= 0.3 is 0 Å². The molecule has 2 atom stereocenters. The Balaban J connectivity index is 2.14. The molecule has 3 heteroatoms. The van der Waals surface area contributed by atoms with Crippen LogP contribution in [0.5, 0.6) is 0 Å². The second-order valence-corrected chi connectivity index (χ2v) is 4.07. The third-order valence-corrected chi connectivity index (χ3v) is 2.76. The van der Waals surface area contributed by atoms with Crippen LogP contribution < -0.4 is 0 Å². The van der Waals surface area contributed by atoms with Crippen molar-refractivity contribution in [3.63, 3.8) is 0 Å². The Hall–Kier alpha value is -0.570. The van der Waals surface area contributed by atoms with Crippen molar-refractivity contribution in [3.8, 4) is 0 Å². The summed E-state index contributed by atoms with van der Waals surface area (Å²) in [6.07, 6.45) is 2.33. The lowest BCUT2D eigenvalue weighted by Crippen LogP contribution is -2.28. The molecule has 0 bridgehead atoms. The fourth-order valence-corrected chi connectivity index (χ4v) is 1.53. The van der Waals surface area contributed by atoms with E-state index in [1.165, 1.54) is 6.42 Å². The van der Waals surface area contributed by atoms with Gasteiger partial charge in [-0.2, -0.15) is 0 Å². The molecule has 1 aliphatic carbocycles. The summed E-state index contributed by atoms with van der Waals surface area (Å²) in [5.74, 6) is 1.68. The topological polar surface area (TPSA) is 40.5 Å². The molecule has 0 saturated heterocycles. The molecule has 0 aromatic rings. The third-order valence-electron chi connectivity index (χ3n) is 2.76. The van der Waals surface area contributed by atoms with E-state index >= 15 is 0 Å². The number of rotatable bonds is 5. The Morgan fingerprint density at radius 1 is 1.62 bits per heavy atom. The van der Waals surface area contributed by atoms with Gasteiger partial charge in [0, 0.05) is 26.6 Å². The molecule has 76 valence electrons. The fraction of sp³-hybridized carbons (Fsp3) is 0.900. The smallest absolute Gasteiger partial charge is 0.222 e. The van der Waals surface area contributed by atoms with Gasteiger partial charge in [-0.05, 0) is 24.7 Å². The Kier molecular flexibility index (Phi) is 3.72. The van der Waals surface area contributed by atoms with Gasteiger partial charge in [-0.3, -0.25) is 4.79 Å². The number of aliphatic hydroxyl groups excluding tert-OH is 1. The van der Waals surface area contributed by atoms with Crippen LogP contribution >= 0.6 is 0 Å². The maximum absolute atomic E-state index is 11.4. The SMILES string of the molecule is CC1CC1CN(C)C(=O)CCCO. The molecule has 1 rings (SSSR count). The standard InChI is InChI=1S/C10H19NO2/c1-8-6-9(8)7-11(2)10(13)4-3-5-12/h8-9,12H,3-7H2,1-2H3. The molecule has 1 aliphatic rings. The van der Waals surface area contributed by atoms with Gasteiger partial charge in [-0.25, -0.2) is 0 Å². The van der Waals surface area contributed by atoms with E-state index in [1.54, 1.807) is 4.90 Å². The quantitative estimate of drug-likeness (QED) is 0.690. The van der Waals surface area contributed by atoms with E-state index in [4.69, 9.17) is 5.11 Å². The van der Waals surface area contributed by atoms with Gasteiger partial charge in [0.2, 0.25) is 5.91 Å². The maximum Gasteiger partial charge on any atom is 0.222 e. The van der Waals surface area contributed by atoms with Gasteiger partial charge in [0.25, 0.3) is 0 Å². The van der Waals surface area contributed by atoms with Gasteiger partial charge in [0.1, 0.15) is 0 Å². The number of nitrogens with zero attached hydrogens (tertiary/aromatic N) is 1. The molecule has 3 nitrogen and oxygen atoms in total. The summed E-state index contributed by atoms with van der Waals surface area (Å²) < 4.78 is 0. The van der Waals surface area contributed by atoms with E-state index in [9.17, 15) is 4.79 Å². The van der Waals surface area contributed by atoms with Crippen LogP contribution in [0.25, 0.3) is 0 Å². The van der Waals surface area contributed by atoms with Crippen molar-refractivity contribution < 1.29 is 9.90 Å². The Bertz CT molecular complexity index is 182. The second-order valence-electron chi connectivity index (χ2n) is 4.07. The molecular weight excluding hydrogens is 166 g/mol. The first-order valence-electron chi connectivity index (χ1n) is 5.00. The molecule has 0 spiro atoms. The van der Waals surface area contributed by atoms with Gasteiger partial charge in [-0.1, -0.05) is 6.92 Å². The summed E-state index contributed by atoms with van der Waals surface area (Å²) in [7, 11) is 1.85. The minimum Gasteiger partial charge on any atom is -0.396 e. The first-order chi connectivity index (χ1) is 6.15. The van der Waals surface area contributed by atoms with Crippen LogP contribution in [-0.2, 0) is 4.79 Å². The van der Waals surface area contributed by atoms with Crippen LogP contribution in [0.4, 0.5) is 0 Å². The zero-order valence-corrected chi connectivity index (χ0v) is 8.49. The predicted octanol–water partition coefficient (Wildman–Crippen LogP) is 0.873. The third kappa shape index (κ3) is 3.35. The monoisotopic (exact) mass is 185 g/mol. The van der Waals surface area contributed by atoms with Crippen molar-refractivity contribution in [2.24, 2.45) is 11.8 Å².